The van der Waals surface area contributed by atoms with Crippen LogP contribution in [0.1, 0.15) is 85.5 Å². The summed E-state index contributed by atoms with van der Waals surface area (Å²) in [4.78, 5) is 2.71. The van der Waals surface area contributed by atoms with Crippen LogP contribution < -0.4 is 0 Å². The third-order valence-corrected chi connectivity index (χ3v) is 13.0. The lowest BCUT2D eigenvalue weighted by Gasteiger charge is -2.49. The molecule has 7 heteroatoms. The van der Waals surface area contributed by atoms with Crippen LogP contribution in [0.15, 0.2) is 22.8 Å². The van der Waals surface area contributed by atoms with Gasteiger partial charge in [0.05, 0.1) is 64.1 Å². The van der Waals surface area contributed by atoms with Crippen LogP contribution in [0.5, 0.6) is 0 Å². The van der Waals surface area contributed by atoms with E-state index in [2.05, 4.69) is 38.7 Å². The molecule has 4 fully saturated rings. The van der Waals surface area contributed by atoms with Crippen molar-refractivity contribution in [2.45, 2.75) is 109 Å². The number of nitrogens with zero attached hydrogens (tertiary/aromatic N) is 1. The number of hydrogen-bond acceptors (Lipinski definition) is 7. The van der Waals surface area contributed by atoms with Crippen molar-refractivity contribution < 1.29 is 28.8 Å². The van der Waals surface area contributed by atoms with Crippen LogP contribution in [0.3, 0.4) is 0 Å². The molecule has 250 valence electrons. The van der Waals surface area contributed by atoms with Crippen molar-refractivity contribution in [3.05, 3.63) is 22.8 Å². The second kappa shape index (κ2) is 14.1. The number of aliphatic hydroxyl groups excluding tert-OH is 1. The summed E-state index contributed by atoms with van der Waals surface area (Å²) in [5, 5.41) is 10.4. The quantitative estimate of drug-likeness (QED) is 0.220. The SMILES string of the molecule is COCCOCCOCCOCCN1CC(C)CC2OC3(CCC4C(=C(C)C3)CC3C4CC=C4CC(O)CCC43C)C(C)C21. The van der Waals surface area contributed by atoms with Crippen molar-refractivity contribution in [2.24, 2.45) is 35.0 Å². The standard InChI is InChI=1S/C37H61NO6/c1-25-20-34-35(38(24-25)12-13-41-16-17-43-19-18-42-15-14-40-5)27(3)37(44-34)11-9-30-31-7-6-28-21-29(39)8-10-36(28,4)33(31)22-32(30)26(2)23-37/h6,25,27,29-31,33-35,39H,7-24H2,1-5H3. The number of rotatable bonds is 12. The molecule has 2 saturated carbocycles. The average Bonchev–Trinajstić information content (AvgIpc) is 3.46. The van der Waals surface area contributed by atoms with Gasteiger partial charge < -0.3 is 28.8 Å². The maximum absolute atomic E-state index is 10.4. The maximum Gasteiger partial charge on any atom is 0.0765 e. The predicted molar refractivity (Wildman–Crippen MR) is 173 cm³/mol. The highest BCUT2D eigenvalue weighted by atomic mass is 16.6. The van der Waals surface area contributed by atoms with E-state index in [4.69, 9.17) is 23.7 Å². The number of allylic oxidation sites excluding steroid dienone is 2. The molecule has 10 unspecified atom stereocenters. The van der Waals surface area contributed by atoms with Crippen LogP contribution in [0.25, 0.3) is 0 Å². The van der Waals surface area contributed by atoms with Gasteiger partial charge in [-0.05, 0) is 93.8 Å². The fourth-order valence-corrected chi connectivity index (χ4v) is 10.7. The topological polar surface area (TPSA) is 69.6 Å². The monoisotopic (exact) mass is 615 g/mol. The van der Waals surface area contributed by atoms with E-state index in [0.717, 1.165) is 57.2 Å². The Morgan fingerprint density at radius 3 is 2.45 bits per heavy atom. The van der Waals surface area contributed by atoms with Crippen molar-refractivity contribution in [3.8, 4) is 0 Å². The molecule has 1 N–H and O–H groups in total. The molecule has 6 aliphatic rings. The summed E-state index contributed by atoms with van der Waals surface area (Å²) < 4.78 is 29.4. The maximum atomic E-state index is 10.4. The molecule has 2 heterocycles. The molecule has 0 aromatic heterocycles. The summed E-state index contributed by atoms with van der Waals surface area (Å²) in [6.45, 7) is 16.4. The molecule has 0 bridgehead atoms. The summed E-state index contributed by atoms with van der Waals surface area (Å²) in [5.74, 6) is 3.38. The van der Waals surface area contributed by atoms with E-state index < -0.39 is 0 Å². The first kappa shape index (κ1) is 33.1. The highest BCUT2D eigenvalue weighted by molar-refractivity contribution is 5.34. The third kappa shape index (κ3) is 6.50. The molecule has 0 aromatic rings. The van der Waals surface area contributed by atoms with Crippen molar-refractivity contribution in [1.82, 2.24) is 4.90 Å². The van der Waals surface area contributed by atoms with E-state index in [-0.39, 0.29) is 17.1 Å². The highest BCUT2D eigenvalue weighted by Crippen LogP contribution is 2.63. The first-order valence-electron chi connectivity index (χ1n) is 18.0. The minimum Gasteiger partial charge on any atom is -0.393 e. The fraction of sp³-hybridized carbons (Fsp3) is 0.892. The van der Waals surface area contributed by atoms with Gasteiger partial charge in [0.15, 0.2) is 0 Å². The first-order chi connectivity index (χ1) is 21.3. The van der Waals surface area contributed by atoms with Gasteiger partial charge in [-0.15, -0.1) is 0 Å². The average molecular weight is 616 g/mol. The van der Waals surface area contributed by atoms with Gasteiger partial charge in [-0.25, -0.2) is 0 Å². The predicted octanol–water partition coefficient (Wildman–Crippen LogP) is 5.80. The van der Waals surface area contributed by atoms with E-state index in [9.17, 15) is 5.11 Å². The van der Waals surface area contributed by atoms with Gasteiger partial charge in [0.25, 0.3) is 0 Å². The lowest BCUT2D eigenvalue weighted by Crippen LogP contribution is -2.52. The molecule has 1 spiro atoms. The van der Waals surface area contributed by atoms with E-state index in [1.165, 1.54) is 32.1 Å². The van der Waals surface area contributed by atoms with E-state index >= 15 is 0 Å². The summed E-state index contributed by atoms with van der Waals surface area (Å²) in [5.41, 5.74) is 5.24. The first-order valence-corrected chi connectivity index (χ1v) is 18.0. The molecule has 0 radical (unpaired) electrons. The number of likely N-dealkylation sites (tertiary alicyclic amines) is 1. The summed E-state index contributed by atoms with van der Waals surface area (Å²) >= 11 is 0. The van der Waals surface area contributed by atoms with Crippen LogP contribution in [0.4, 0.5) is 0 Å². The number of methoxy groups -OCH3 is 1. The number of fused-ring (bicyclic) bond motifs is 6. The van der Waals surface area contributed by atoms with E-state index in [1.807, 2.05) is 0 Å². The molecule has 44 heavy (non-hydrogen) atoms. The molecule has 4 aliphatic carbocycles. The number of hydrogen-bond donors (Lipinski definition) is 1. The zero-order valence-electron chi connectivity index (χ0n) is 28.4. The summed E-state index contributed by atoms with van der Waals surface area (Å²) in [7, 11) is 1.68. The van der Waals surface area contributed by atoms with Gasteiger partial charge in [-0.2, -0.15) is 0 Å². The molecule has 7 nitrogen and oxygen atoms in total. The number of piperidine rings is 1. The molecule has 2 aliphatic heterocycles. The summed E-state index contributed by atoms with van der Waals surface area (Å²) in [6, 6.07) is 0.478. The van der Waals surface area contributed by atoms with Crippen molar-refractivity contribution in [1.29, 1.82) is 0 Å². The lowest BCUT2D eigenvalue weighted by molar-refractivity contribution is -0.0806. The number of aliphatic hydroxyl groups is 1. The normalized spacial score (nSPS) is 42.1. The Morgan fingerprint density at radius 2 is 1.70 bits per heavy atom. The van der Waals surface area contributed by atoms with Gasteiger partial charge in [-0.3, -0.25) is 4.90 Å². The van der Waals surface area contributed by atoms with Crippen LogP contribution in [0.2, 0.25) is 0 Å². The molecule has 0 amide bonds. The minimum atomic E-state index is -0.132. The Morgan fingerprint density at radius 1 is 0.977 bits per heavy atom. The van der Waals surface area contributed by atoms with E-state index in [1.54, 1.807) is 23.8 Å². The van der Waals surface area contributed by atoms with Crippen LogP contribution in [0, 0.1) is 35.0 Å². The van der Waals surface area contributed by atoms with Crippen molar-refractivity contribution in [3.63, 3.8) is 0 Å². The largest absolute Gasteiger partial charge is 0.393 e. The zero-order chi connectivity index (χ0) is 30.9. The Balaban J connectivity index is 1.05. The van der Waals surface area contributed by atoms with E-state index in [0.29, 0.717) is 69.5 Å². The highest BCUT2D eigenvalue weighted by Gasteiger charge is 2.59. The van der Waals surface area contributed by atoms with Crippen LogP contribution in [-0.4, -0.2) is 100 Å². The Kier molecular flexibility index (Phi) is 10.6. The zero-order valence-corrected chi connectivity index (χ0v) is 28.4. The number of ether oxygens (including phenoxy) is 5. The van der Waals surface area contributed by atoms with Gasteiger partial charge in [0.2, 0.25) is 0 Å². The second-order valence-corrected chi connectivity index (χ2v) is 15.5. The Hall–Kier alpha value is -0.800. The molecule has 0 aromatic carbocycles. The molecule has 6 rings (SSSR count). The fourth-order valence-electron chi connectivity index (χ4n) is 10.7. The molecular formula is C37H61NO6. The second-order valence-electron chi connectivity index (χ2n) is 15.5. The van der Waals surface area contributed by atoms with Gasteiger partial charge >= 0.3 is 0 Å². The van der Waals surface area contributed by atoms with Gasteiger partial charge in [-0.1, -0.05) is 43.6 Å². The minimum absolute atomic E-state index is 0.0386. The third-order valence-electron chi connectivity index (χ3n) is 13.0. The van der Waals surface area contributed by atoms with Crippen LogP contribution in [-0.2, 0) is 23.7 Å². The summed E-state index contributed by atoms with van der Waals surface area (Å²) in [6.07, 6.45) is 13.0. The Bertz CT molecular complexity index is 1050. The lowest BCUT2D eigenvalue weighted by atomic mass is 9.56. The van der Waals surface area contributed by atoms with Gasteiger partial charge in [0, 0.05) is 32.2 Å². The molecular weight excluding hydrogens is 554 g/mol. The van der Waals surface area contributed by atoms with Crippen molar-refractivity contribution >= 4 is 0 Å². The molecule has 2 saturated heterocycles. The Labute approximate surface area is 267 Å². The molecule has 10 atom stereocenters. The smallest absolute Gasteiger partial charge is 0.0765 e. The van der Waals surface area contributed by atoms with Crippen molar-refractivity contribution in [2.75, 3.05) is 66.4 Å². The van der Waals surface area contributed by atoms with Gasteiger partial charge in [0.1, 0.15) is 0 Å². The van der Waals surface area contributed by atoms with Crippen LogP contribution >= 0.6 is 0 Å².